The number of rotatable bonds is 10. The van der Waals surface area contributed by atoms with Gasteiger partial charge in [-0.3, -0.25) is 4.79 Å². The van der Waals surface area contributed by atoms with E-state index in [9.17, 15) is 13.2 Å². The minimum atomic E-state index is -3.54. The summed E-state index contributed by atoms with van der Waals surface area (Å²) in [5.74, 6) is -0.129. The molecule has 2 N–H and O–H groups in total. The Bertz CT molecular complexity index is 640. The lowest BCUT2D eigenvalue weighted by atomic mass is 10.1. The number of hydrogen-bond acceptors (Lipinski definition) is 4. The van der Waals surface area contributed by atoms with Crippen LogP contribution in [0.3, 0.4) is 0 Å². The van der Waals surface area contributed by atoms with Gasteiger partial charge < -0.3 is 9.84 Å². The van der Waals surface area contributed by atoms with Crippen molar-refractivity contribution in [1.29, 1.82) is 0 Å². The van der Waals surface area contributed by atoms with Crippen molar-refractivity contribution in [3.8, 4) is 5.75 Å². The van der Waals surface area contributed by atoms with Crippen LogP contribution >= 0.6 is 0 Å². The molecule has 1 aromatic rings. The molecule has 7 heteroatoms. The highest BCUT2D eigenvalue weighted by atomic mass is 32.2. The third-order valence-corrected chi connectivity index (χ3v) is 5.19. The molecular formula is C16H25NO5S. The predicted octanol–water partition coefficient (Wildman–Crippen LogP) is 2.63. The number of aliphatic carboxylic acids is 1. The Morgan fingerprint density at radius 3 is 2.39 bits per heavy atom. The first-order valence-corrected chi connectivity index (χ1v) is 9.13. The normalized spacial score (nSPS) is 11.4. The second kappa shape index (κ2) is 8.88. The van der Waals surface area contributed by atoms with Gasteiger partial charge in [-0.2, -0.15) is 0 Å². The van der Waals surface area contributed by atoms with Gasteiger partial charge in [0.15, 0.2) is 0 Å². The lowest BCUT2D eigenvalue weighted by Gasteiger charge is -2.12. The third kappa shape index (κ3) is 6.19. The number of unbranched alkanes of at least 4 members (excludes halogenated alkanes) is 3. The van der Waals surface area contributed by atoms with E-state index in [1.807, 2.05) is 0 Å². The quantitative estimate of drug-likeness (QED) is 0.637. The molecule has 1 aromatic carbocycles. The van der Waals surface area contributed by atoms with Crippen molar-refractivity contribution in [2.45, 2.75) is 50.8 Å². The number of benzene rings is 1. The van der Waals surface area contributed by atoms with Crippen LogP contribution in [0.15, 0.2) is 17.0 Å². The number of carbonyl (C=O) groups is 1. The number of carboxylic acids is 1. The van der Waals surface area contributed by atoms with E-state index in [0.717, 1.165) is 18.4 Å². The van der Waals surface area contributed by atoms with Gasteiger partial charge in [0.1, 0.15) is 5.75 Å². The van der Waals surface area contributed by atoms with Crippen LogP contribution < -0.4 is 9.46 Å². The first-order valence-electron chi connectivity index (χ1n) is 7.64. The molecule has 0 heterocycles. The predicted molar refractivity (Wildman–Crippen MR) is 88.4 cm³/mol. The van der Waals surface area contributed by atoms with Gasteiger partial charge in [-0.1, -0.05) is 12.8 Å². The summed E-state index contributed by atoms with van der Waals surface area (Å²) in [6.07, 6.45) is 3.06. The molecule has 0 aromatic heterocycles. The number of sulfonamides is 1. The average Bonchev–Trinajstić information content (AvgIpc) is 2.47. The Morgan fingerprint density at radius 2 is 1.78 bits per heavy atom. The Labute approximate surface area is 137 Å². The van der Waals surface area contributed by atoms with Gasteiger partial charge in [-0.15, -0.1) is 0 Å². The molecular weight excluding hydrogens is 318 g/mol. The summed E-state index contributed by atoms with van der Waals surface area (Å²) in [5, 5.41) is 8.53. The van der Waals surface area contributed by atoms with E-state index in [4.69, 9.17) is 9.84 Å². The third-order valence-electron chi connectivity index (χ3n) is 3.59. The molecule has 0 aliphatic carbocycles. The zero-order valence-electron chi connectivity index (χ0n) is 13.9. The van der Waals surface area contributed by atoms with Crippen LogP contribution in [0.2, 0.25) is 0 Å². The molecule has 0 unspecified atom stereocenters. The smallest absolute Gasteiger partial charge is 0.303 e. The Balaban J connectivity index is 2.53. The number of methoxy groups -OCH3 is 1. The molecule has 0 aliphatic rings. The zero-order valence-corrected chi connectivity index (χ0v) is 14.7. The van der Waals surface area contributed by atoms with Gasteiger partial charge in [-0.25, -0.2) is 13.1 Å². The summed E-state index contributed by atoms with van der Waals surface area (Å²) >= 11 is 0. The SMILES string of the molecule is COc1cc(C)c(S(=O)(=O)NCCCCCCC(=O)O)cc1C. The zero-order chi connectivity index (χ0) is 17.5. The van der Waals surface area contributed by atoms with Crippen molar-refractivity contribution >= 4 is 16.0 Å². The molecule has 130 valence electrons. The molecule has 0 fully saturated rings. The molecule has 23 heavy (non-hydrogen) atoms. The second-order valence-corrected chi connectivity index (χ2v) is 7.28. The van der Waals surface area contributed by atoms with E-state index in [0.29, 0.717) is 30.7 Å². The fraction of sp³-hybridized carbons (Fsp3) is 0.562. The van der Waals surface area contributed by atoms with E-state index >= 15 is 0 Å². The largest absolute Gasteiger partial charge is 0.496 e. The minimum absolute atomic E-state index is 0.163. The maximum Gasteiger partial charge on any atom is 0.303 e. The fourth-order valence-corrected chi connectivity index (χ4v) is 3.70. The van der Waals surface area contributed by atoms with Gasteiger partial charge >= 0.3 is 5.97 Å². The molecule has 0 saturated carbocycles. The number of aryl methyl sites for hydroxylation is 2. The van der Waals surface area contributed by atoms with E-state index in [2.05, 4.69) is 4.72 Å². The standard InChI is InChI=1S/C16H25NO5S/c1-12-11-15(13(2)10-14(12)22-3)23(20,21)17-9-7-5-4-6-8-16(18)19/h10-11,17H,4-9H2,1-3H3,(H,18,19). The fourth-order valence-electron chi connectivity index (χ4n) is 2.31. The van der Waals surface area contributed by atoms with Crippen LogP contribution in [0.25, 0.3) is 0 Å². The highest BCUT2D eigenvalue weighted by Crippen LogP contribution is 2.25. The van der Waals surface area contributed by atoms with Crippen molar-refractivity contribution < 1.29 is 23.1 Å². The number of nitrogens with one attached hydrogen (secondary N) is 1. The number of carboxylic acid groups (broad SMARTS) is 1. The van der Waals surface area contributed by atoms with Crippen LogP contribution in [-0.4, -0.2) is 33.1 Å². The summed E-state index contributed by atoms with van der Waals surface area (Å²) in [6.45, 7) is 3.89. The Hall–Kier alpha value is -1.60. The highest BCUT2D eigenvalue weighted by Gasteiger charge is 2.18. The first-order chi connectivity index (χ1) is 10.8. The lowest BCUT2D eigenvalue weighted by molar-refractivity contribution is -0.137. The summed E-state index contributed by atoms with van der Waals surface area (Å²) in [6, 6.07) is 3.33. The first kappa shape index (κ1) is 19.4. The second-order valence-electron chi connectivity index (χ2n) is 5.54. The molecule has 0 spiro atoms. The van der Waals surface area contributed by atoms with Gasteiger partial charge in [0.05, 0.1) is 12.0 Å². The minimum Gasteiger partial charge on any atom is -0.496 e. The number of hydrogen-bond donors (Lipinski definition) is 2. The molecule has 0 saturated heterocycles. The van der Waals surface area contributed by atoms with Gasteiger partial charge in [0, 0.05) is 13.0 Å². The van der Waals surface area contributed by atoms with E-state index in [1.165, 1.54) is 0 Å². The summed E-state index contributed by atoms with van der Waals surface area (Å²) in [4.78, 5) is 10.6. The van der Waals surface area contributed by atoms with Crippen molar-refractivity contribution in [3.05, 3.63) is 23.3 Å². The van der Waals surface area contributed by atoms with Gasteiger partial charge in [0.25, 0.3) is 0 Å². The summed E-state index contributed by atoms with van der Waals surface area (Å²) < 4.78 is 32.5. The van der Waals surface area contributed by atoms with Crippen LogP contribution in [0.1, 0.15) is 43.2 Å². The van der Waals surface area contributed by atoms with E-state index in [-0.39, 0.29) is 11.3 Å². The Morgan fingerprint density at radius 1 is 1.13 bits per heavy atom. The molecule has 0 atom stereocenters. The van der Waals surface area contributed by atoms with Crippen LogP contribution in [0.5, 0.6) is 5.75 Å². The molecule has 1 rings (SSSR count). The van der Waals surface area contributed by atoms with E-state index < -0.39 is 16.0 Å². The van der Waals surface area contributed by atoms with Crippen LogP contribution in [-0.2, 0) is 14.8 Å². The van der Waals surface area contributed by atoms with Crippen LogP contribution in [0.4, 0.5) is 0 Å². The van der Waals surface area contributed by atoms with Gasteiger partial charge in [-0.05, 0) is 49.9 Å². The molecule has 0 amide bonds. The van der Waals surface area contributed by atoms with E-state index in [1.54, 1.807) is 33.1 Å². The maximum atomic E-state index is 12.4. The Kier molecular flexibility index (Phi) is 7.51. The van der Waals surface area contributed by atoms with Crippen molar-refractivity contribution in [2.24, 2.45) is 0 Å². The topological polar surface area (TPSA) is 92.7 Å². The average molecular weight is 343 g/mol. The van der Waals surface area contributed by atoms with Crippen LogP contribution in [0, 0.1) is 13.8 Å². The van der Waals surface area contributed by atoms with Crippen molar-refractivity contribution in [2.75, 3.05) is 13.7 Å². The van der Waals surface area contributed by atoms with Crippen molar-refractivity contribution in [1.82, 2.24) is 4.72 Å². The molecule has 0 bridgehead atoms. The van der Waals surface area contributed by atoms with Gasteiger partial charge in [0.2, 0.25) is 10.0 Å². The lowest BCUT2D eigenvalue weighted by Crippen LogP contribution is -2.25. The molecule has 0 aliphatic heterocycles. The molecule has 0 radical (unpaired) electrons. The van der Waals surface area contributed by atoms with Crippen molar-refractivity contribution in [3.63, 3.8) is 0 Å². The summed E-state index contributed by atoms with van der Waals surface area (Å²) in [7, 11) is -1.99. The molecule has 6 nitrogen and oxygen atoms in total. The monoisotopic (exact) mass is 343 g/mol. The highest BCUT2D eigenvalue weighted by molar-refractivity contribution is 7.89. The maximum absolute atomic E-state index is 12.4. The number of ether oxygens (including phenoxy) is 1. The summed E-state index contributed by atoms with van der Waals surface area (Å²) in [5.41, 5.74) is 1.41.